The predicted octanol–water partition coefficient (Wildman–Crippen LogP) is 3.31. The van der Waals surface area contributed by atoms with Crippen molar-refractivity contribution < 1.29 is 14.3 Å². The van der Waals surface area contributed by atoms with Gasteiger partial charge in [0.05, 0.1) is 12.5 Å². The maximum Gasteiger partial charge on any atom is 0.309 e. The molecule has 0 N–H and O–H groups in total. The van der Waals surface area contributed by atoms with Gasteiger partial charge in [-0.05, 0) is 55.1 Å². The summed E-state index contributed by atoms with van der Waals surface area (Å²) >= 11 is 0. The van der Waals surface area contributed by atoms with E-state index in [2.05, 4.69) is 36.4 Å². The van der Waals surface area contributed by atoms with Gasteiger partial charge in [0.15, 0.2) is 0 Å². The van der Waals surface area contributed by atoms with Crippen molar-refractivity contribution in [2.45, 2.75) is 44.3 Å². The molecule has 4 unspecified atom stereocenters. The second-order valence-electron chi connectivity index (χ2n) is 8.99. The molecule has 130 valence electrons. The summed E-state index contributed by atoms with van der Waals surface area (Å²) in [6.07, 6.45) is 9.92. The fourth-order valence-electron chi connectivity index (χ4n) is 6.37. The molecule has 3 fully saturated rings. The molecule has 6 atom stereocenters. The van der Waals surface area contributed by atoms with E-state index >= 15 is 0 Å². The lowest BCUT2D eigenvalue weighted by molar-refractivity contribution is -0.185. The number of carbonyl (C=O) groups is 1. The van der Waals surface area contributed by atoms with E-state index < -0.39 is 0 Å². The lowest BCUT2D eigenvalue weighted by Crippen LogP contribution is -2.48. The first-order valence-electron chi connectivity index (χ1n) is 9.79. The van der Waals surface area contributed by atoms with Gasteiger partial charge in [0.25, 0.3) is 0 Å². The lowest BCUT2D eigenvalue weighted by atomic mass is 9.80. The number of hydrogen-bond donors (Lipinski definition) is 0. The second kappa shape index (κ2) is 4.97. The van der Waals surface area contributed by atoms with Crippen LogP contribution in [-0.4, -0.2) is 24.8 Å². The van der Waals surface area contributed by atoms with E-state index in [0.717, 1.165) is 38.7 Å². The van der Waals surface area contributed by atoms with Crippen molar-refractivity contribution >= 4 is 5.97 Å². The standard InChI is InChI=1S/C22H24O3/c23-21(18-8-13-5-6-14(18)7-13)25-20-19-17(12-24-19)11-22(20)9-15-3-1-2-4-16(15)10-22/h1-6,13-14,17-20H,7-12H2/t13?,14?,17?,18?,19-,20-/m1/s1. The van der Waals surface area contributed by atoms with Crippen LogP contribution in [0.15, 0.2) is 36.4 Å². The zero-order valence-corrected chi connectivity index (χ0v) is 14.4. The number of rotatable bonds is 2. The van der Waals surface area contributed by atoms with Crippen LogP contribution < -0.4 is 0 Å². The Kier molecular flexibility index (Phi) is 2.89. The molecular weight excluding hydrogens is 312 g/mol. The smallest absolute Gasteiger partial charge is 0.309 e. The Morgan fingerprint density at radius 3 is 2.52 bits per heavy atom. The number of fused-ring (bicyclic) bond motifs is 4. The van der Waals surface area contributed by atoms with Crippen LogP contribution in [0.2, 0.25) is 0 Å². The average molecular weight is 336 g/mol. The van der Waals surface area contributed by atoms with E-state index in [0.29, 0.717) is 17.8 Å². The summed E-state index contributed by atoms with van der Waals surface area (Å²) in [5.41, 5.74) is 2.94. The van der Waals surface area contributed by atoms with Gasteiger partial charge in [-0.3, -0.25) is 4.79 Å². The van der Waals surface area contributed by atoms with Gasteiger partial charge in [0.2, 0.25) is 0 Å². The maximum absolute atomic E-state index is 13.0. The minimum absolute atomic E-state index is 0.0355. The number of benzene rings is 1. The zero-order valence-electron chi connectivity index (χ0n) is 14.4. The van der Waals surface area contributed by atoms with Crippen LogP contribution in [0.25, 0.3) is 0 Å². The van der Waals surface area contributed by atoms with E-state index in [1.54, 1.807) is 0 Å². The molecule has 0 radical (unpaired) electrons. The summed E-state index contributed by atoms with van der Waals surface area (Å²) < 4.78 is 12.1. The Bertz CT molecular complexity index is 741. The molecule has 0 aromatic heterocycles. The van der Waals surface area contributed by atoms with E-state index in [9.17, 15) is 4.79 Å². The second-order valence-corrected chi connectivity index (χ2v) is 8.99. The molecule has 6 rings (SSSR count). The molecule has 25 heavy (non-hydrogen) atoms. The van der Waals surface area contributed by atoms with E-state index in [1.807, 2.05) is 0 Å². The van der Waals surface area contributed by atoms with Crippen LogP contribution in [0.1, 0.15) is 30.4 Å². The zero-order chi connectivity index (χ0) is 16.6. The summed E-state index contributed by atoms with van der Waals surface area (Å²) in [6.45, 7) is 0.841. The van der Waals surface area contributed by atoms with Gasteiger partial charge in [-0.1, -0.05) is 36.4 Å². The van der Waals surface area contributed by atoms with Gasteiger partial charge in [-0.25, -0.2) is 0 Å². The fraction of sp³-hybridized carbons (Fsp3) is 0.591. The van der Waals surface area contributed by atoms with Gasteiger partial charge >= 0.3 is 5.97 Å². The molecular formula is C22H24O3. The first-order chi connectivity index (χ1) is 12.2. The minimum atomic E-state index is -0.0609. The van der Waals surface area contributed by atoms with Crippen LogP contribution in [-0.2, 0) is 27.1 Å². The average Bonchev–Trinajstić information content (AvgIpc) is 3.33. The molecule has 2 saturated carbocycles. The maximum atomic E-state index is 13.0. The van der Waals surface area contributed by atoms with Gasteiger partial charge < -0.3 is 9.47 Å². The number of ether oxygens (including phenoxy) is 2. The first kappa shape index (κ1) is 14.5. The van der Waals surface area contributed by atoms with Crippen LogP contribution in [0.4, 0.5) is 0 Å². The Balaban J connectivity index is 1.27. The number of allylic oxidation sites excluding steroid dienone is 2. The molecule has 1 aromatic rings. The summed E-state index contributed by atoms with van der Waals surface area (Å²) in [4.78, 5) is 13.0. The molecule has 5 aliphatic rings. The molecule has 2 bridgehead atoms. The largest absolute Gasteiger partial charge is 0.459 e. The van der Waals surface area contributed by atoms with Crippen LogP contribution in [0.3, 0.4) is 0 Å². The van der Waals surface area contributed by atoms with Gasteiger partial charge in [-0.2, -0.15) is 0 Å². The Morgan fingerprint density at radius 1 is 1.12 bits per heavy atom. The molecule has 3 heteroatoms. The third-order valence-electron chi connectivity index (χ3n) is 7.57. The normalized spacial score (nSPS) is 41.6. The third kappa shape index (κ3) is 1.99. The summed E-state index contributed by atoms with van der Waals surface area (Å²) in [6, 6.07) is 8.73. The fourth-order valence-corrected chi connectivity index (χ4v) is 6.37. The minimum Gasteiger partial charge on any atom is -0.459 e. The van der Waals surface area contributed by atoms with Gasteiger partial charge in [0, 0.05) is 11.3 Å². The predicted molar refractivity (Wildman–Crippen MR) is 92.9 cm³/mol. The molecule has 1 aromatic carbocycles. The molecule has 3 nitrogen and oxygen atoms in total. The van der Waals surface area contributed by atoms with Crippen molar-refractivity contribution in [1.82, 2.24) is 0 Å². The Hall–Kier alpha value is -1.61. The molecule has 1 spiro atoms. The van der Waals surface area contributed by atoms with Gasteiger partial charge in [-0.15, -0.1) is 0 Å². The molecule has 1 saturated heterocycles. The summed E-state index contributed by atoms with van der Waals surface area (Å²) in [5, 5.41) is 0. The topological polar surface area (TPSA) is 35.5 Å². The van der Waals surface area contributed by atoms with E-state index in [1.165, 1.54) is 11.1 Å². The number of hydrogen-bond acceptors (Lipinski definition) is 3. The molecule has 1 aliphatic heterocycles. The van der Waals surface area contributed by atoms with Crippen molar-refractivity contribution in [3.63, 3.8) is 0 Å². The van der Waals surface area contributed by atoms with Crippen molar-refractivity contribution in [3.05, 3.63) is 47.5 Å². The highest BCUT2D eigenvalue weighted by Crippen LogP contribution is 2.56. The van der Waals surface area contributed by atoms with Crippen LogP contribution >= 0.6 is 0 Å². The van der Waals surface area contributed by atoms with Gasteiger partial charge in [0.1, 0.15) is 12.2 Å². The summed E-state index contributed by atoms with van der Waals surface area (Å²) in [7, 11) is 0. The molecule has 1 heterocycles. The Labute approximate surface area is 148 Å². The third-order valence-corrected chi connectivity index (χ3v) is 7.57. The van der Waals surface area contributed by atoms with E-state index in [4.69, 9.17) is 9.47 Å². The van der Waals surface area contributed by atoms with Crippen molar-refractivity contribution in [3.8, 4) is 0 Å². The summed E-state index contributed by atoms with van der Waals surface area (Å²) in [5.74, 6) is 1.70. The monoisotopic (exact) mass is 336 g/mol. The molecule has 0 amide bonds. The van der Waals surface area contributed by atoms with Crippen LogP contribution in [0, 0.1) is 29.1 Å². The van der Waals surface area contributed by atoms with Crippen molar-refractivity contribution in [1.29, 1.82) is 0 Å². The number of esters is 1. The number of carbonyl (C=O) groups excluding carboxylic acids is 1. The highest BCUT2D eigenvalue weighted by atomic mass is 16.6. The van der Waals surface area contributed by atoms with Crippen molar-refractivity contribution in [2.24, 2.45) is 29.1 Å². The lowest BCUT2D eigenvalue weighted by Gasteiger charge is -2.37. The first-order valence-corrected chi connectivity index (χ1v) is 9.79. The van der Waals surface area contributed by atoms with E-state index in [-0.39, 0.29) is 29.5 Å². The highest BCUT2D eigenvalue weighted by molar-refractivity contribution is 5.74. The quantitative estimate of drug-likeness (QED) is 0.614. The van der Waals surface area contributed by atoms with Crippen LogP contribution in [0.5, 0.6) is 0 Å². The SMILES string of the molecule is O=C(O[C@@H]1[C@@H]2OCC2CC12Cc1ccccc1C2)C1CC2C=CC1C2. The highest BCUT2D eigenvalue weighted by Gasteiger charge is 2.62. The Morgan fingerprint density at radius 2 is 1.92 bits per heavy atom. The molecule has 4 aliphatic carbocycles. The van der Waals surface area contributed by atoms with Crippen molar-refractivity contribution in [2.75, 3.05) is 6.61 Å².